The lowest BCUT2D eigenvalue weighted by Crippen LogP contribution is -2.05. The maximum Gasteiger partial charge on any atom is 0.205 e. The van der Waals surface area contributed by atoms with Crippen LogP contribution in [0.5, 0.6) is 0 Å². The first-order valence-electron chi connectivity index (χ1n) is 9.92. The van der Waals surface area contributed by atoms with E-state index in [1.165, 1.54) is 0 Å². The Kier molecular flexibility index (Phi) is 6.16. The summed E-state index contributed by atoms with van der Waals surface area (Å²) in [6.45, 7) is 4.17. The molecule has 7 nitrogen and oxygen atoms in total. The first-order chi connectivity index (χ1) is 15.3. The smallest absolute Gasteiger partial charge is 0.205 e. The number of nitrogens with zero attached hydrogens (tertiary/aromatic N) is 6. The normalized spacial score (nSPS) is 10.1. The third-order valence-corrected chi connectivity index (χ3v) is 4.76. The number of benzene rings is 2. The van der Waals surface area contributed by atoms with E-state index in [1.54, 1.807) is 0 Å². The van der Waals surface area contributed by atoms with Gasteiger partial charge < -0.3 is 0 Å². The number of aromatic amines is 1. The quantitative estimate of drug-likeness (QED) is 0.496. The van der Waals surface area contributed by atoms with Gasteiger partial charge in [-0.3, -0.25) is 0 Å². The van der Waals surface area contributed by atoms with Crippen molar-refractivity contribution in [3.8, 4) is 46.2 Å². The van der Waals surface area contributed by atoms with Gasteiger partial charge in [-0.2, -0.15) is 10.3 Å². The minimum absolute atomic E-state index is 0.522. The molecule has 0 saturated heterocycles. The van der Waals surface area contributed by atoms with E-state index in [2.05, 4.69) is 84.7 Å². The molecule has 0 amide bonds. The number of H-pyrrole nitrogens is 1. The molecular formula is C24H21N7. The molecule has 0 fully saturated rings. The maximum absolute atomic E-state index is 4.68. The average molecular weight is 407 g/mol. The second-order valence-corrected chi connectivity index (χ2v) is 6.79. The predicted molar refractivity (Wildman–Crippen MR) is 118 cm³/mol. The van der Waals surface area contributed by atoms with Gasteiger partial charge in [0, 0.05) is 12.0 Å². The molecule has 1 N–H and O–H groups in total. The van der Waals surface area contributed by atoms with Gasteiger partial charge in [-0.05, 0) is 35.8 Å². The van der Waals surface area contributed by atoms with E-state index < -0.39 is 0 Å². The molecule has 31 heavy (non-hydrogen) atoms. The number of tetrazole rings is 1. The van der Waals surface area contributed by atoms with Crippen LogP contribution in [0.15, 0.2) is 48.5 Å². The Morgan fingerprint density at radius 1 is 0.935 bits per heavy atom. The van der Waals surface area contributed by atoms with Crippen LogP contribution in [0, 0.1) is 23.7 Å². The number of rotatable bonds is 6. The van der Waals surface area contributed by atoms with E-state index in [0.717, 1.165) is 33.9 Å². The van der Waals surface area contributed by atoms with Crippen LogP contribution in [-0.2, 0) is 19.4 Å². The van der Waals surface area contributed by atoms with Gasteiger partial charge in [0.05, 0.1) is 6.42 Å². The van der Waals surface area contributed by atoms with Crippen molar-refractivity contribution in [3.63, 3.8) is 0 Å². The Labute approximate surface area is 180 Å². The highest BCUT2D eigenvalue weighted by Crippen LogP contribution is 2.29. The molecule has 0 bridgehead atoms. The van der Waals surface area contributed by atoms with Gasteiger partial charge in [0.15, 0.2) is 5.82 Å². The van der Waals surface area contributed by atoms with Gasteiger partial charge in [0.2, 0.25) is 5.82 Å². The maximum atomic E-state index is 4.68. The number of nitrogens with one attached hydrogen (secondary N) is 1. The largest absolute Gasteiger partial charge is 0.237 e. The third-order valence-electron chi connectivity index (χ3n) is 4.76. The van der Waals surface area contributed by atoms with Crippen molar-refractivity contribution < 1.29 is 0 Å². The fraction of sp³-hybridized carbons (Fsp3) is 0.208. The summed E-state index contributed by atoms with van der Waals surface area (Å²) in [5.74, 6) is 14.1. The highest BCUT2D eigenvalue weighted by molar-refractivity contribution is 5.80. The SMILES string of the molecule is CC#CCc1nc(Cc2ccc(-c3ccccc3-c3nn[nH]n3)cc2)n(CC#CC)n1. The summed E-state index contributed by atoms with van der Waals surface area (Å²) in [5, 5.41) is 19.0. The van der Waals surface area contributed by atoms with Crippen molar-refractivity contribution >= 4 is 0 Å². The van der Waals surface area contributed by atoms with Gasteiger partial charge >= 0.3 is 0 Å². The summed E-state index contributed by atoms with van der Waals surface area (Å²) in [6.07, 6.45) is 1.21. The summed E-state index contributed by atoms with van der Waals surface area (Å²) in [4.78, 5) is 4.68. The van der Waals surface area contributed by atoms with Gasteiger partial charge in [-0.25, -0.2) is 9.67 Å². The number of aromatic nitrogens is 7. The molecule has 0 radical (unpaired) electrons. The Morgan fingerprint density at radius 2 is 1.71 bits per heavy atom. The van der Waals surface area contributed by atoms with Crippen LogP contribution in [0.2, 0.25) is 0 Å². The van der Waals surface area contributed by atoms with Crippen molar-refractivity contribution in [3.05, 3.63) is 65.7 Å². The third kappa shape index (κ3) is 4.68. The molecule has 152 valence electrons. The lowest BCUT2D eigenvalue weighted by molar-refractivity contribution is 0.666. The molecule has 0 aliphatic carbocycles. The predicted octanol–water partition coefficient (Wildman–Crippen LogP) is 3.31. The van der Waals surface area contributed by atoms with Crippen LogP contribution in [0.4, 0.5) is 0 Å². The van der Waals surface area contributed by atoms with Crippen molar-refractivity contribution in [2.45, 2.75) is 33.2 Å². The molecule has 4 rings (SSSR count). The minimum atomic E-state index is 0.522. The van der Waals surface area contributed by atoms with Gasteiger partial charge in [-0.15, -0.1) is 22.0 Å². The van der Waals surface area contributed by atoms with E-state index in [1.807, 2.05) is 36.7 Å². The summed E-state index contributed by atoms with van der Waals surface area (Å²) in [5.41, 5.74) is 4.22. The summed E-state index contributed by atoms with van der Waals surface area (Å²) >= 11 is 0. The van der Waals surface area contributed by atoms with Crippen molar-refractivity contribution in [2.75, 3.05) is 0 Å². The zero-order valence-corrected chi connectivity index (χ0v) is 17.4. The molecule has 4 aromatic rings. The molecule has 0 aliphatic rings. The first-order valence-corrected chi connectivity index (χ1v) is 9.92. The highest BCUT2D eigenvalue weighted by Gasteiger charge is 2.12. The van der Waals surface area contributed by atoms with Gasteiger partial charge in [0.25, 0.3) is 0 Å². The highest BCUT2D eigenvalue weighted by atomic mass is 15.5. The zero-order chi connectivity index (χ0) is 21.5. The van der Waals surface area contributed by atoms with E-state index in [0.29, 0.717) is 25.2 Å². The molecule has 7 heteroatoms. The lowest BCUT2D eigenvalue weighted by atomic mass is 9.98. The van der Waals surface area contributed by atoms with E-state index in [4.69, 9.17) is 0 Å². The molecule has 2 aromatic heterocycles. The van der Waals surface area contributed by atoms with E-state index in [-0.39, 0.29) is 0 Å². The van der Waals surface area contributed by atoms with Gasteiger partial charge in [-0.1, -0.05) is 60.4 Å². The Morgan fingerprint density at radius 3 is 2.42 bits per heavy atom. The number of hydrogen-bond acceptors (Lipinski definition) is 5. The average Bonchev–Trinajstić information content (AvgIpc) is 3.47. The molecule has 0 unspecified atom stereocenters. The summed E-state index contributed by atoms with van der Waals surface area (Å²) in [6, 6.07) is 16.4. The van der Waals surface area contributed by atoms with Gasteiger partial charge in [0.1, 0.15) is 12.4 Å². The van der Waals surface area contributed by atoms with Crippen LogP contribution in [0.25, 0.3) is 22.5 Å². The summed E-state index contributed by atoms with van der Waals surface area (Å²) in [7, 11) is 0. The topological polar surface area (TPSA) is 85.2 Å². The van der Waals surface area contributed by atoms with E-state index >= 15 is 0 Å². The standard InChI is InChI=1S/C24H21N7/c1-3-5-11-22-25-23(31(28-22)16-6-4-2)17-18-12-14-19(15-13-18)20-9-7-8-10-21(20)24-26-29-30-27-24/h7-10,12-15H,11,16-17H2,1-2H3,(H,26,27,29,30). The van der Waals surface area contributed by atoms with Crippen LogP contribution in [0.3, 0.4) is 0 Å². The number of hydrogen-bond donors (Lipinski definition) is 1. The molecule has 2 heterocycles. The zero-order valence-electron chi connectivity index (χ0n) is 17.4. The van der Waals surface area contributed by atoms with Crippen LogP contribution in [-0.4, -0.2) is 35.4 Å². The fourth-order valence-corrected chi connectivity index (χ4v) is 3.27. The Bertz CT molecular complexity index is 1280. The Balaban J connectivity index is 1.59. The van der Waals surface area contributed by atoms with E-state index in [9.17, 15) is 0 Å². The van der Waals surface area contributed by atoms with Crippen molar-refractivity contribution in [2.24, 2.45) is 0 Å². The monoisotopic (exact) mass is 407 g/mol. The van der Waals surface area contributed by atoms with Crippen LogP contribution < -0.4 is 0 Å². The minimum Gasteiger partial charge on any atom is -0.237 e. The summed E-state index contributed by atoms with van der Waals surface area (Å²) < 4.78 is 1.86. The molecule has 0 spiro atoms. The van der Waals surface area contributed by atoms with Crippen molar-refractivity contribution in [1.82, 2.24) is 35.4 Å². The molecule has 0 saturated carbocycles. The fourth-order valence-electron chi connectivity index (χ4n) is 3.27. The first kappa shape index (κ1) is 20.1. The lowest BCUT2D eigenvalue weighted by Gasteiger charge is -2.08. The molecule has 0 aliphatic heterocycles. The van der Waals surface area contributed by atoms with Crippen molar-refractivity contribution in [1.29, 1.82) is 0 Å². The molecule has 0 atom stereocenters. The second kappa shape index (κ2) is 9.51. The molecule has 2 aromatic carbocycles. The van der Waals surface area contributed by atoms with Crippen LogP contribution in [0.1, 0.15) is 31.1 Å². The Hall–Kier alpha value is -4.23. The molecular weight excluding hydrogens is 386 g/mol. The second-order valence-electron chi connectivity index (χ2n) is 6.79. The van der Waals surface area contributed by atoms with Crippen LogP contribution >= 0.6 is 0 Å².